The van der Waals surface area contributed by atoms with Gasteiger partial charge >= 0.3 is 0 Å². The topological polar surface area (TPSA) is 20.2 Å². The van der Waals surface area contributed by atoms with E-state index in [-0.39, 0.29) is 11.5 Å². The van der Waals surface area contributed by atoms with Crippen LogP contribution >= 0.6 is 0 Å². The molecule has 4 fully saturated rings. The van der Waals surface area contributed by atoms with Crippen LogP contribution in [0.3, 0.4) is 0 Å². The van der Waals surface area contributed by atoms with Gasteiger partial charge in [-0.05, 0) is 97.7 Å². The molecule has 1 nitrogen and oxygen atoms in total. The lowest BCUT2D eigenvalue weighted by atomic mass is 9.42. The first-order valence-electron chi connectivity index (χ1n) is 10.6. The Morgan fingerprint density at radius 1 is 1.04 bits per heavy atom. The number of aliphatic hydroxyl groups excluding tert-OH is 1. The van der Waals surface area contributed by atoms with Crippen molar-refractivity contribution in [2.75, 3.05) is 0 Å². The molecule has 0 aromatic carbocycles. The van der Waals surface area contributed by atoms with Crippen LogP contribution in [0, 0.1) is 46.3 Å². The molecule has 0 aliphatic heterocycles. The van der Waals surface area contributed by atoms with Crippen molar-refractivity contribution in [1.29, 1.82) is 0 Å². The summed E-state index contributed by atoms with van der Waals surface area (Å²) in [4.78, 5) is 0. The van der Waals surface area contributed by atoms with E-state index in [0.717, 1.165) is 41.9 Å². The van der Waals surface area contributed by atoms with Crippen LogP contribution < -0.4 is 0 Å². The van der Waals surface area contributed by atoms with Gasteiger partial charge in [0, 0.05) is 0 Å². The molecule has 0 heterocycles. The molecular weight excluding hydrogens is 292 g/mol. The number of fused-ring (bicyclic) bond motifs is 5. The van der Waals surface area contributed by atoms with Crippen LogP contribution in [0.2, 0.25) is 0 Å². The Morgan fingerprint density at radius 3 is 2.46 bits per heavy atom. The van der Waals surface area contributed by atoms with Crippen LogP contribution in [0.15, 0.2) is 12.2 Å². The summed E-state index contributed by atoms with van der Waals surface area (Å²) >= 11 is 0. The zero-order valence-electron chi connectivity index (χ0n) is 16.4. The molecule has 0 aromatic rings. The van der Waals surface area contributed by atoms with Crippen molar-refractivity contribution in [3.8, 4) is 0 Å². The van der Waals surface area contributed by atoms with E-state index in [1.807, 2.05) is 0 Å². The largest absolute Gasteiger partial charge is 0.393 e. The first kappa shape index (κ1) is 17.1. The Hall–Kier alpha value is -0.300. The zero-order chi connectivity index (χ0) is 17.3. The molecule has 8 atom stereocenters. The second kappa shape index (κ2) is 5.60. The molecule has 0 radical (unpaired) electrons. The van der Waals surface area contributed by atoms with E-state index in [2.05, 4.69) is 34.3 Å². The fourth-order valence-corrected chi connectivity index (χ4v) is 7.91. The lowest BCUT2D eigenvalue weighted by Crippen LogP contribution is -2.57. The molecule has 1 heteroatoms. The molecule has 4 aliphatic rings. The van der Waals surface area contributed by atoms with E-state index in [9.17, 15) is 5.11 Å². The normalized spacial score (nSPS) is 54.3. The summed E-state index contributed by atoms with van der Waals surface area (Å²) < 4.78 is 0. The maximum atomic E-state index is 10.7. The average molecular weight is 331 g/mol. The number of hydrogen-bond acceptors (Lipinski definition) is 1. The molecule has 4 saturated carbocycles. The lowest BCUT2D eigenvalue weighted by Gasteiger charge is -2.63. The predicted molar refractivity (Wildman–Crippen MR) is 101 cm³/mol. The van der Waals surface area contributed by atoms with Crippen molar-refractivity contribution in [1.82, 2.24) is 0 Å². The maximum Gasteiger partial charge on any atom is 0.0596 e. The highest BCUT2D eigenvalue weighted by Gasteiger charge is 2.62. The standard InChI is InChI=1S/C23H38O/c1-14(2)17-13-16-12-15(3)8-10-22(16,4)19-9-11-23(5)18(21(17)19)6-7-20(23)24/h14,16-21,24H,3,6-13H2,1-2,4-5H3/t16-,17+,18+,19+,20+,21+,22+,23+/m1/s1. The van der Waals surface area contributed by atoms with Crippen molar-refractivity contribution >= 4 is 0 Å². The molecule has 0 bridgehead atoms. The minimum absolute atomic E-state index is 0.0482. The van der Waals surface area contributed by atoms with Gasteiger partial charge in [-0.2, -0.15) is 0 Å². The molecular formula is C23H38O. The lowest BCUT2D eigenvalue weighted by molar-refractivity contribution is -0.149. The van der Waals surface area contributed by atoms with Crippen LogP contribution in [0.5, 0.6) is 0 Å². The summed E-state index contributed by atoms with van der Waals surface area (Å²) in [6, 6.07) is 0. The highest BCUT2D eigenvalue weighted by molar-refractivity contribution is 5.15. The first-order valence-corrected chi connectivity index (χ1v) is 10.6. The molecule has 0 unspecified atom stereocenters. The second-order valence-electron chi connectivity index (χ2n) is 10.7. The third-order valence-corrected chi connectivity index (χ3v) is 9.52. The summed E-state index contributed by atoms with van der Waals surface area (Å²) in [5.41, 5.74) is 2.25. The Labute approximate surface area is 149 Å². The fourth-order valence-electron chi connectivity index (χ4n) is 7.91. The molecule has 136 valence electrons. The summed E-state index contributed by atoms with van der Waals surface area (Å²) in [6.45, 7) is 14.3. The van der Waals surface area contributed by atoms with Gasteiger partial charge in [0.25, 0.3) is 0 Å². The van der Waals surface area contributed by atoms with Gasteiger partial charge in [0.1, 0.15) is 0 Å². The van der Waals surface area contributed by atoms with Gasteiger partial charge in [-0.3, -0.25) is 0 Å². The van der Waals surface area contributed by atoms with Gasteiger partial charge in [0.05, 0.1) is 6.10 Å². The van der Waals surface area contributed by atoms with Crippen LogP contribution in [-0.2, 0) is 0 Å². The minimum Gasteiger partial charge on any atom is -0.393 e. The van der Waals surface area contributed by atoms with Gasteiger partial charge in [-0.15, -0.1) is 0 Å². The zero-order valence-corrected chi connectivity index (χ0v) is 16.4. The Bertz CT molecular complexity index is 522. The molecule has 0 saturated heterocycles. The Kier molecular flexibility index (Phi) is 4.00. The summed E-state index contributed by atoms with van der Waals surface area (Å²) in [7, 11) is 0. The van der Waals surface area contributed by atoms with Crippen LogP contribution in [-0.4, -0.2) is 11.2 Å². The van der Waals surface area contributed by atoms with Crippen molar-refractivity contribution in [2.24, 2.45) is 46.3 Å². The van der Waals surface area contributed by atoms with Crippen LogP contribution in [0.25, 0.3) is 0 Å². The maximum absolute atomic E-state index is 10.7. The van der Waals surface area contributed by atoms with Crippen molar-refractivity contribution in [2.45, 2.75) is 85.2 Å². The Balaban J connectivity index is 1.73. The van der Waals surface area contributed by atoms with Crippen molar-refractivity contribution < 1.29 is 5.11 Å². The Morgan fingerprint density at radius 2 is 1.75 bits per heavy atom. The molecule has 0 spiro atoms. The molecule has 1 N–H and O–H groups in total. The number of allylic oxidation sites excluding steroid dienone is 1. The number of rotatable bonds is 1. The number of aliphatic hydroxyl groups is 1. The quantitative estimate of drug-likeness (QED) is 0.600. The fraction of sp³-hybridized carbons (Fsp3) is 0.913. The van der Waals surface area contributed by atoms with E-state index in [4.69, 9.17) is 0 Å². The highest BCUT2D eigenvalue weighted by Crippen LogP contribution is 2.68. The van der Waals surface area contributed by atoms with Crippen LogP contribution in [0.4, 0.5) is 0 Å². The van der Waals surface area contributed by atoms with E-state index < -0.39 is 0 Å². The molecule has 0 aromatic heterocycles. The van der Waals surface area contributed by atoms with Crippen molar-refractivity contribution in [3.63, 3.8) is 0 Å². The molecule has 0 amide bonds. The molecule has 4 aliphatic carbocycles. The summed E-state index contributed by atoms with van der Waals surface area (Å²) in [5, 5.41) is 10.7. The third kappa shape index (κ3) is 2.22. The van der Waals surface area contributed by atoms with E-state index in [0.29, 0.717) is 5.41 Å². The van der Waals surface area contributed by atoms with Gasteiger partial charge in [-0.25, -0.2) is 0 Å². The second-order valence-corrected chi connectivity index (χ2v) is 10.7. The van der Waals surface area contributed by atoms with Crippen LogP contribution in [0.1, 0.15) is 79.1 Å². The van der Waals surface area contributed by atoms with E-state index in [1.54, 1.807) is 0 Å². The molecule has 4 rings (SSSR count). The average Bonchev–Trinajstić information content (AvgIpc) is 2.83. The van der Waals surface area contributed by atoms with Gasteiger partial charge in [-0.1, -0.05) is 39.8 Å². The predicted octanol–water partition coefficient (Wildman–Crippen LogP) is 5.83. The van der Waals surface area contributed by atoms with Gasteiger partial charge in [0.2, 0.25) is 0 Å². The minimum atomic E-state index is -0.0482. The van der Waals surface area contributed by atoms with E-state index >= 15 is 0 Å². The SMILES string of the molecule is C=C1CC[C@@]2(C)[C@H](C1)C[C@@H](C(C)C)[C@@H]1[C@@H]2CC[C@]2(C)[C@@H](O)CC[C@@H]12. The van der Waals surface area contributed by atoms with Crippen molar-refractivity contribution in [3.05, 3.63) is 12.2 Å². The summed E-state index contributed by atoms with van der Waals surface area (Å²) in [5.74, 6) is 5.00. The first-order chi connectivity index (χ1) is 11.3. The smallest absolute Gasteiger partial charge is 0.0596 e. The highest BCUT2D eigenvalue weighted by atomic mass is 16.3. The summed E-state index contributed by atoms with van der Waals surface area (Å²) in [6.07, 6.45) is 10.2. The monoisotopic (exact) mass is 330 g/mol. The van der Waals surface area contributed by atoms with E-state index in [1.165, 1.54) is 50.5 Å². The number of hydrogen-bond donors (Lipinski definition) is 1. The molecule has 24 heavy (non-hydrogen) atoms. The van der Waals surface area contributed by atoms with Gasteiger partial charge < -0.3 is 5.11 Å². The van der Waals surface area contributed by atoms with Gasteiger partial charge in [0.15, 0.2) is 0 Å². The third-order valence-electron chi connectivity index (χ3n) is 9.52.